The Hall–Kier alpha value is -3.91. The number of nitrogens with zero attached hydrogens (tertiary/aromatic N) is 1. The van der Waals surface area contributed by atoms with Gasteiger partial charge in [0.1, 0.15) is 5.65 Å². The summed E-state index contributed by atoms with van der Waals surface area (Å²) in [4.78, 5) is 19.1. The van der Waals surface area contributed by atoms with Gasteiger partial charge in [0.05, 0.1) is 22.4 Å². The molecule has 0 aliphatic heterocycles. The second kappa shape index (κ2) is 7.84. The molecule has 0 aliphatic rings. The van der Waals surface area contributed by atoms with Crippen molar-refractivity contribution in [2.45, 2.75) is 4.90 Å². The van der Waals surface area contributed by atoms with Crippen LogP contribution >= 0.6 is 0 Å². The summed E-state index contributed by atoms with van der Waals surface area (Å²) in [5, 5.41) is 10.2. The largest absolute Gasteiger partial charge is 0.478 e. The van der Waals surface area contributed by atoms with Gasteiger partial charge in [-0.3, -0.25) is 4.72 Å². The van der Waals surface area contributed by atoms with Gasteiger partial charge in [0, 0.05) is 17.1 Å². The van der Waals surface area contributed by atoms with Crippen molar-refractivity contribution in [3.05, 3.63) is 90.3 Å². The van der Waals surface area contributed by atoms with Crippen molar-refractivity contribution in [1.29, 1.82) is 0 Å². The molecular formula is C22H17N3O4S. The van der Waals surface area contributed by atoms with Crippen LogP contribution in [-0.2, 0) is 14.8 Å². The molecule has 0 aliphatic carbocycles. The lowest BCUT2D eigenvalue weighted by Crippen LogP contribution is -2.12. The average molecular weight is 419 g/mol. The summed E-state index contributed by atoms with van der Waals surface area (Å²) in [7, 11) is -3.77. The van der Waals surface area contributed by atoms with Gasteiger partial charge in [0.2, 0.25) is 0 Å². The summed E-state index contributed by atoms with van der Waals surface area (Å²) in [6, 6.07) is 18.4. The number of aromatic nitrogens is 2. The van der Waals surface area contributed by atoms with E-state index in [1.165, 1.54) is 24.4 Å². The van der Waals surface area contributed by atoms with Crippen LogP contribution in [0.1, 0.15) is 11.1 Å². The molecule has 0 amide bonds. The van der Waals surface area contributed by atoms with E-state index in [1.54, 1.807) is 54.7 Å². The summed E-state index contributed by atoms with van der Waals surface area (Å²) >= 11 is 0. The number of H-pyrrole nitrogens is 1. The normalized spacial score (nSPS) is 12.1. The highest BCUT2D eigenvalue weighted by Crippen LogP contribution is 2.26. The third-order valence-corrected chi connectivity index (χ3v) is 5.88. The van der Waals surface area contributed by atoms with Gasteiger partial charge in [-0.05, 0) is 29.8 Å². The van der Waals surface area contributed by atoms with Crippen LogP contribution in [0.2, 0.25) is 0 Å². The number of carbonyl (C=O) groups is 1. The number of carboxylic acid groups (broad SMARTS) is 1. The van der Waals surface area contributed by atoms with E-state index in [-0.39, 0.29) is 16.2 Å². The molecule has 30 heavy (non-hydrogen) atoms. The van der Waals surface area contributed by atoms with Gasteiger partial charge >= 0.3 is 5.97 Å². The number of hydrogen-bond acceptors (Lipinski definition) is 4. The summed E-state index contributed by atoms with van der Waals surface area (Å²) in [6.45, 7) is 0. The van der Waals surface area contributed by atoms with Crippen molar-refractivity contribution < 1.29 is 18.3 Å². The Kier molecular flexibility index (Phi) is 5.07. The van der Waals surface area contributed by atoms with E-state index in [1.807, 2.05) is 6.07 Å². The molecule has 4 rings (SSSR count). The van der Waals surface area contributed by atoms with Crippen LogP contribution in [-0.4, -0.2) is 29.5 Å². The second-order valence-electron chi connectivity index (χ2n) is 6.51. The third-order valence-electron chi connectivity index (χ3n) is 4.48. The van der Waals surface area contributed by atoms with E-state index in [0.29, 0.717) is 22.2 Å². The number of carboxylic acids is 1. The molecule has 0 spiro atoms. The maximum atomic E-state index is 12.6. The van der Waals surface area contributed by atoms with Crippen molar-refractivity contribution in [3.63, 3.8) is 0 Å². The van der Waals surface area contributed by atoms with Crippen molar-refractivity contribution in [3.8, 4) is 0 Å². The molecule has 0 atom stereocenters. The molecule has 0 bridgehead atoms. The lowest BCUT2D eigenvalue weighted by molar-refractivity contribution is -0.130. The molecule has 3 N–H and O–H groups in total. The number of hydrogen-bond donors (Lipinski definition) is 3. The molecule has 0 radical (unpaired) electrons. The number of rotatable bonds is 6. The first-order chi connectivity index (χ1) is 14.4. The van der Waals surface area contributed by atoms with Gasteiger partial charge in [0.15, 0.2) is 0 Å². The predicted molar refractivity (Wildman–Crippen MR) is 115 cm³/mol. The SMILES string of the molecule is O=C(O)/C(=C\c1c[nH]c2ncc(NS(=O)(=O)c3ccccc3)cc12)c1ccccc1. The van der Waals surface area contributed by atoms with E-state index in [0.717, 1.165) is 0 Å². The number of nitrogens with one attached hydrogen (secondary N) is 2. The molecule has 0 saturated heterocycles. The zero-order chi connectivity index (χ0) is 21.1. The molecule has 7 nitrogen and oxygen atoms in total. The van der Waals surface area contributed by atoms with Crippen LogP contribution in [0.3, 0.4) is 0 Å². The molecule has 4 aromatic rings. The van der Waals surface area contributed by atoms with E-state index >= 15 is 0 Å². The average Bonchev–Trinajstić information content (AvgIpc) is 3.15. The fraction of sp³-hybridized carbons (Fsp3) is 0. The van der Waals surface area contributed by atoms with Crippen LogP contribution in [0.4, 0.5) is 5.69 Å². The highest BCUT2D eigenvalue weighted by Gasteiger charge is 2.16. The Labute approximate surface area is 172 Å². The maximum absolute atomic E-state index is 12.6. The number of aliphatic carboxylic acids is 1. The van der Waals surface area contributed by atoms with Gasteiger partial charge in [-0.15, -0.1) is 0 Å². The number of aromatic amines is 1. The Balaban J connectivity index is 1.74. The maximum Gasteiger partial charge on any atom is 0.336 e. The summed E-state index contributed by atoms with van der Waals surface area (Å²) in [5.41, 5.74) is 2.05. The van der Waals surface area contributed by atoms with Crippen molar-refractivity contribution in [2.24, 2.45) is 0 Å². The fourth-order valence-corrected chi connectivity index (χ4v) is 4.11. The summed E-state index contributed by atoms with van der Waals surface area (Å²) in [5.74, 6) is -1.07. The molecule has 0 unspecified atom stereocenters. The highest BCUT2D eigenvalue weighted by atomic mass is 32.2. The molecule has 0 fully saturated rings. The lowest BCUT2D eigenvalue weighted by atomic mass is 10.0. The number of sulfonamides is 1. The Bertz CT molecular complexity index is 1350. The number of pyridine rings is 1. The number of fused-ring (bicyclic) bond motifs is 1. The first kappa shape index (κ1) is 19.4. The van der Waals surface area contributed by atoms with Crippen molar-refractivity contribution in [1.82, 2.24) is 9.97 Å². The number of anilines is 1. The Morgan fingerprint density at radius 1 is 1.03 bits per heavy atom. The van der Waals surface area contributed by atoms with E-state index in [2.05, 4.69) is 14.7 Å². The number of benzene rings is 2. The standard InChI is InChI=1S/C22H17N3O4S/c26-22(27)20(15-7-3-1-4-8-15)11-16-13-23-21-19(16)12-17(14-24-21)25-30(28,29)18-9-5-2-6-10-18/h1-14,25H,(H,23,24)(H,26,27)/b20-11-. The van der Waals surface area contributed by atoms with Gasteiger partial charge in [0.25, 0.3) is 10.0 Å². The fourth-order valence-electron chi connectivity index (χ4n) is 3.05. The third kappa shape index (κ3) is 3.94. The van der Waals surface area contributed by atoms with Gasteiger partial charge in [-0.2, -0.15) is 0 Å². The van der Waals surface area contributed by atoms with E-state index in [4.69, 9.17) is 0 Å². The minimum Gasteiger partial charge on any atom is -0.478 e. The zero-order valence-electron chi connectivity index (χ0n) is 15.6. The van der Waals surface area contributed by atoms with Crippen LogP contribution in [0.15, 0.2) is 84.0 Å². The van der Waals surface area contributed by atoms with Crippen molar-refractivity contribution in [2.75, 3.05) is 4.72 Å². The molecule has 2 aromatic heterocycles. The van der Waals surface area contributed by atoms with Gasteiger partial charge < -0.3 is 10.1 Å². The Morgan fingerprint density at radius 2 is 1.70 bits per heavy atom. The van der Waals surface area contributed by atoms with Crippen LogP contribution in [0.5, 0.6) is 0 Å². The first-order valence-corrected chi connectivity index (χ1v) is 10.5. The van der Waals surface area contributed by atoms with Gasteiger partial charge in [-0.1, -0.05) is 48.5 Å². The topological polar surface area (TPSA) is 112 Å². The molecule has 0 saturated carbocycles. The monoisotopic (exact) mass is 419 g/mol. The van der Waals surface area contributed by atoms with Crippen LogP contribution in [0, 0.1) is 0 Å². The van der Waals surface area contributed by atoms with Crippen LogP contribution in [0.25, 0.3) is 22.7 Å². The molecule has 8 heteroatoms. The first-order valence-electron chi connectivity index (χ1n) is 8.99. The summed E-state index contributed by atoms with van der Waals surface area (Å²) < 4.78 is 27.7. The zero-order valence-corrected chi connectivity index (χ0v) is 16.4. The van der Waals surface area contributed by atoms with Crippen LogP contribution < -0.4 is 4.72 Å². The lowest BCUT2D eigenvalue weighted by Gasteiger charge is -2.08. The highest BCUT2D eigenvalue weighted by molar-refractivity contribution is 7.92. The quantitative estimate of drug-likeness (QED) is 0.409. The minimum absolute atomic E-state index is 0.117. The summed E-state index contributed by atoms with van der Waals surface area (Å²) in [6.07, 6.45) is 4.58. The van der Waals surface area contributed by atoms with E-state index < -0.39 is 16.0 Å². The van der Waals surface area contributed by atoms with E-state index in [9.17, 15) is 18.3 Å². The molecule has 2 aromatic carbocycles. The Morgan fingerprint density at radius 3 is 2.37 bits per heavy atom. The molecule has 150 valence electrons. The molecule has 2 heterocycles. The smallest absolute Gasteiger partial charge is 0.336 e. The predicted octanol–water partition coefficient (Wildman–Crippen LogP) is 3.99. The van der Waals surface area contributed by atoms with Crippen molar-refractivity contribution >= 4 is 44.4 Å². The minimum atomic E-state index is -3.77. The molecular weight excluding hydrogens is 402 g/mol. The second-order valence-corrected chi connectivity index (χ2v) is 8.19. The van der Waals surface area contributed by atoms with Gasteiger partial charge in [-0.25, -0.2) is 18.2 Å².